The first-order chi connectivity index (χ1) is 11.0. The van der Waals surface area contributed by atoms with E-state index in [1.54, 1.807) is 23.9 Å². The highest BCUT2D eigenvalue weighted by Crippen LogP contribution is 2.18. The summed E-state index contributed by atoms with van der Waals surface area (Å²) in [5.74, 6) is 0.821. The Labute approximate surface area is 136 Å². The first kappa shape index (κ1) is 17.0. The van der Waals surface area contributed by atoms with Crippen LogP contribution in [-0.2, 0) is 0 Å². The Kier molecular flexibility index (Phi) is 5.76. The van der Waals surface area contributed by atoms with Crippen LogP contribution in [0.1, 0.15) is 25.8 Å². The van der Waals surface area contributed by atoms with E-state index in [0.717, 1.165) is 11.3 Å². The second-order valence-corrected chi connectivity index (χ2v) is 5.94. The van der Waals surface area contributed by atoms with Crippen LogP contribution in [0, 0.1) is 12.8 Å². The SMILES string of the molecule is Cc1ccccc1-n1nccc1NC(=O)NCC(C)CC(C)O. The molecule has 6 nitrogen and oxygen atoms in total. The molecule has 1 heterocycles. The average molecular weight is 316 g/mol. The van der Waals surface area contributed by atoms with Gasteiger partial charge in [0.05, 0.1) is 18.0 Å². The van der Waals surface area contributed by atoms with Crippen LogP contribution in [0.15, 0.2) is 36.5 Å². The van der Waals surface area contributed by atoms with Gasteiger partial charge in [-0.2, -0.15) is 5.10 Å². The Balaban J connectivity index is 1.98. The van der Waals surface area contributed by atoms with Crippen molar-refractivity contribution in [2.75, 3.05) is 11.9 Å². The van der Waals surface area contributed by atoms with Crippen LogP contribution < -0.4 is 10.6 Å². The normalized spacial score (nSPS) is 13.4. The number of urea groups is 1. The van der Waals surface area contributed by atoms with Crippen LogP contribution in [0.4, 0.5) is 10.6 Å². The summed E-state index contributed by atoms with van der Waals surface area (Å²) >= 11 is 0. The van der Waals surface area contributed by atoms with E-state index in [1.807, 2.05) is 38.1 Å². The second kappa shape index (κ2) is 7.78. The number of aliphatic hydroxyl groups excluding tert-OH is 1. The molecule has 0 saturated carbocycles. The number of nitrogens with one attached hydrogen (secondary N) is 2. The molecule has 2 unspecified atom stereocenters. The number of benzene rings is 1. The average Bonchev–Trinajstić information content (AvgIpc) is 2.93. The highest BCUT2D eigenvalue weighted by atomic mass is 16.3. The lowest BCUT2D eigenvalue weighted by Gasteiger charge is -2.15. The number of carbonyl (C=O) groups is 1. The lowest BCUT2D eigenvalue weighted by Crippen LogP contribution is -2.33. The van der Waals surface area contributed by atoms with Gasteiger partial charge in [-0.15, -0.1) is 0 Å². The Hall–Kier alpha value is -2.34. The number of aryl methyl sites for hydroxylation is 1. The molecule has 124 valence electrons. The van der Waals surface area contributed by atoms with Crippen molar-refractivity contribution < 1.29 is 9.90 Å². The molecule has 0 aliphatic heterocycles. The van der Waals surface area contributed by atoms with E-state index in [9.17, 15) is 9.90 Å². The molecule has 3 N–H and O–H groups in total. The predicted molar refractivity (Wildman–Crippen MR) is 90.8 cm³/mol. The summed E-state index contributed by atoms with van der Waals surface area (Å²) in [5, 5.41) is 19.2. The Bertz CT molecular complexity index is 652. The Morgan fingerprint density at radius 3 is 2.74 bits per heavy atom. The van der Waals surface area contributed by atoms with E-state index < -0.39 is 0 Å². The number of anilines is 1. The van der Waals surface area contributed by atoms with Crippen molar-refractivity contribution in [2.45, 2.75) is 33.3 Å². The largest absolute Gasteiger partial charge is 0.393 e. The van der Waals surface area contributed by atoms with Crippen molar-refractivity contribution in [3.05, 3.63) is 42.1 Å². The third-order valence-electron chi connectivity index (χ3n) is 3.58. The summed E-state index contributed by atoms with van der Waals surface area (Å²) in [5.41, 5.74) is 2.00. The van der Waals surface area contributed by atoms with Crippen LogP contribution in [0.5, 0.6) is 0 Å². The fraction of sp³-hybridized carbons (Fsp3) is 0.412. The van der Waals surface area contributed by atoms with Crippen LogP contribution in [0.25, 0.3) is 5.69 Å². The first-order valence-corrected chi connectivity index (χ1v) is 7.80. The quantitative estimate of drug-likeness (QED) is 0.766. The van der Waals surface area contributed by atoms with Gasteiger partial charge in [0.2, 0.25) is 0 Å². The summed E-state index contributed by atoms with van der Waals surface area (Å²) in [4.78, 5) is 12.0. The van der Waals surface area contributed by atoms with Crippen molar-refractivity contribution in [3.63, 3.8) is 0 Å². The Morgan fingerprint density at radius 2 is 2.04 bits per heavy atom. The number of carbonyl (C=O) groups excluding carboxylic acids is 1. The van der Waals surface area contributed by atoms with Gasteiger partial charge in [0.15, 0.2) is 0 Å². The van der Waals surface area contributed by atoms with Gasteiger partial charge in [-0.1, -0.05) is 25.1 Å². The van der Waals surface area contributed by atoms with Crippen LogP contribution >= 0.6 is 0 Å². The number of hydrogen-bond acceptors (Lipinski definition) is 3. The first-order valence-electron chi connectivity index (χ1n) is 7.80. The monoisotopic (exact) mass is 316 g/mol. The zero-order chi connectivity index (χ0) is 16.8. The third kappa shape index (κ3) is 4.82. The van der Waals surface area contributed by atoms with Crippen LogP contribution in [0.2, 0.25) is 0 Å². The van der Waals surface area contributed by atoms with Crippen molar-refractivity contribution in [2.24, 2.45) is 5.92 Å². The van der Waals surface area contributed by atoms with E-state index in [4.69, 9.17) is 0 Å². The van der Waals surface area contributed by atoms with Crippen LogP contribution in [0.3, 0.4) is 0 Å². The zero-order valence-electron chi connectivity index (χ0n) is 13.8. The van der Waals surface area contributed by atoms with E-state index in [-0.39, 0.29) is 18.1 Å². The minimum absolute atomic E-state index is 0.210. The zero-order valence-corrected chi connectivity index (χ0v) is 13.8. The fourth-order valence-electron chi connectivity index (χ4n) is 2.48. The molecule has 2 amide bonds. The number of hydrogen-bond donors (Lipinski definition) is 3. The molecule has 0 saturated heterocycles. The minimum atomic E-state index is -0.364. The molecule has 1 aromatic heterocycles. The summed E-state index contributed by atoms with van der Waals surface area (Å²) in [6, 6.07) is 9.33. The maximum absolute atomic E-state index is 12.0. The molecule has 0 fully saturated rings. The molecular weight excluding hydrogens is 292 g/mol. The van der Waals surface area contributed by atoms with E-state index in [0.29, 0.717) is 18.8 Å². The molecule has 2 atom stereocenters. The molecule has 1 aromatic carbocycles. The highest BCUT2D eigenvalue weighted by molar-refractivity contribution is 5.88. The smallest absolute Gasteiger partial charge is 0.320 e. The third-order valence-corrected chi connectivity index (χ3v) is 3.58. The van der Waals surface area contributed by atoms with Gasteiger partial charge in [0.25, 0.3) is 0 Å². The highest BCUT2D eigenvalue weighted by Gasteiger charge is 2.12. The van der Waals surface area contributed by atoms with E-state index in [1.165, 1.54) is 0 Å². The minimum Gasteiger partial charge on any atom is -0.393 e. The molecule has 0 aliphatic carbocycles. The van der Waals surface area contributed by atoms with E-state index >= 15 is 0 Å². The number of amides is 2. The van der Waals surface area contributed by atoms with Gasteiger partial charge in [-0.25, -0.2) is 9.48 Å². The summed E-state index contributed by atoms with van der Waals surface area (Å²) < 4.78 is 1.70. The number of para-hydroxylation sites is 1. The molecule has 6 heteroatoms. The van der Waals surface area contributed by atoms with E-state index in [2.05, 4.69) is 15.7 Å². The number of aromatic nitrogens is 2. The molecule has 23 heavy (non-hydrogen) atoms. The topological polar surface area (TPSA) is 79.2 Å². The van der Waals surface area contributed by atoms with Crippen LogP contribution in [-0.4, -0.2) is 33.6 Å². The maximum atomic E-state index is 12.0. The number of nitrogens with zero attached hydrogens (tertiary/aromatic N) is 2. The van der Waals surface area contributed by atoms with Crippen molar-refractivity contribution in [1.29, 1.82) is 0 Å². The molecule has 0 radical (unpaired) electrons. The second-order valence-electron chi connectivity index (χ2n) is 5.94. The van der Waals surface area contributed by atoms with Crippen molar-refractivity contribution >= 4 is 11.8 Å². The maximum Gasteiger partial charge on any atom is 0.320 e. The molecule has 0 aliphatic rings. The van der Waals surface area contributed by atoms with Gasteiger partial charge in [-0.3, -0.25) is 5.32 Å². The summed E-state index contributed by atoms with van der Waals surface area (Å²) in [7, 11) is 0. The molecule has 0 spiro atoms. The summed E-state index contributed by atoms with van der Waals surface area (Å²) in [6.45, 7) is 6.25. The van der Waals surface area contributed by atoms with Gasteiger partial charge in [-0.05, 0) is 37.8 Å². The van der Waals surface area contributed by atoms with Gasteiger partial charge in [0.1, 0.15) is 5.82 Å². The molecule has 0 bridgehead atoms. The number of rotatable bonds is 6. The predicted octanol–water partition coefficient (Wildman–Crippen LogP) is 2.71. The van der Waals surface area contributed by atoms with Crippen molar-refractivity contribution in [3.8, 4) is 5.69 Å². The van der Waals surface area contributed by atoms with Gasteiger partial charge < -0.3 is 10.4 Å². The molecule has 2 rings (SSSR count). The van der Waals surface area contributed by atoms with Crippen molar-refractivity contribution in [1.82, 2.24) is 15.1 Å². The lowest BCUT2D eigenvalue weighted by molar-refractivity contribution is 0.163. The summed E-state index contributed by atoms with van der Waals surface area (Å²) in [6.07, 6.45) is 1.94. The standard InChI is InChI=1S/C17H24N4O2/c1-12(10-14(3)22)11-18-17(23)20-16-8-9-19-21(16)15-7-5-4-6-13(15)2/h4-9,12,14,22H,10-11H2,1-3H3,(H2,18,20,23). The number of aliphatic hydroxyl groups is 1. The molecule has 2 aromatic rings. The van der Waals surface area contributed by atoms with Gasteiger partial charge in [0, 0.05) is 12.6 Å². The lowest BCUT2D eigenvalue weighted by atomic mass is 10.1. The van der Waals surface area contributed by atoms with Gasteiger partial charge >= 0.3 is 6.03 Å². The fourth-order valence-corrected chi connectivity index (χ4v) is 2.48. The molecular formula is C17H24N4O2. The Morgan fingerprint density at radius 1 is 1.30 bits per heavy atom.